The van der Waals surface area contributed by atoms with E-state index in [1.165, 1.54) is 20.9 Å². The standard InChI is InChI=1S/C20H23NO2S2/c1-15(25(22,23)21-11-5-2-6-12-21)16-9-10-20-18(13-16)14-17-7-3-4-8-19(17)24-20/h3-4,7-10,13,15H,2,5-6,11-12,14H2,1H3. The molecule has 0 amide bonds. The zero-order chi connectivity index (χ0) is 17.4. The maximum atomic E-state index is 13.0. The maximum Gasteiger partial charge on any atom is 0.220 e. The van der Waals surface area contributed by atoms with E-state index in [0.29, 0.717) is 13.1 Å². The van der Waals surface area contributed by atoms with Gasteiger partial charge in [0.1, 0.15) is 0 Å². The molecule has 4 rings (SSSR count). The molecule has 5 heteroatoms. The van der Waals surface area contributed by atoms with Crippen LogP contribution in [0.5, 0.6) is 0 Å². The number of sulfonamides is 1. The first kappa shape index (κ1) is 17.1. The monoisotopic (exact) mass is 373 g/mol. The first-order valence-electron chi connectivity index (χ1n) is 8.93. The molecular formula is C20H23NO2S2. The van der Waals surface area contributed by atoms with Crippen molar-refractivity contribution in [3.63, 3.8) is 0 Å². The van der Waals surface area contributed by atoms with Gasteiger partial charge in [-0.05, 0) is 55.0 Å². The van der Waals surface area contributed by atoms with Crippen molar-refractivity contribution in [2.45, 2.75) is 47.6 Å². The van der Waals surface area contributed by atoms with E-state index < -0.39 is 15.3 Å². The van der Waals surface area contributed by atoms with Crippen LogP contribution in [0.2, 0.25) is 0 Å². The molecule has 1 saturated heterocycles. The fourth-order valence-corrected chi connectivity index (χ4v) is 6.44. The highest BCUT2D eigenvalue weighted by Crippen LogP contribution is 2.41. The molecule has 25 heavy (non-hydrogen) atoms. The SMILES string of the molecule is CC(c1ccc2c(c1)Cc1ccccc1S2)S(=O)(=O)N1CCCCC1. The Kier molecular flexibility index (Phi) is 4.65. The molecule has 0 bridgehead atoms. The molecule has 1 atom stereocenters. The van der Waals surface area contributed by atoms with Crippen molar-refractivity contribution in [3.05, 3.63) is 59.2 Å². The highest BCUT2D eigenvalue weighted by Gasteiger charge is 2.31. The summed E-state index contributed by atoms with van der Waals surface area (Å²) in [6, 6.07) is 14.6. The summed E-state index contributed by atoms with van der Waals surface area (Å²) in [7, 11) is -3.28. The van der Waals surface area contributed by atoms with Gasteiger partial charge in [0, 0.05) is 22.9 Å². The Morgan fingerprint density at radius 2 is 1.68 bits per heavy atom. The summed E-state index contributed by atoms with van der Waals surface area (Å²) in [5.74, 6) is 0. The van der Waals surface area contributed by atoms with Gasteiger partial charge in [-0.25, -0.2) is 12.7 Å². The lowest BCUT2D eigenvalue weighted by atomic mass is 10.0. The normalized spacial score (nSPS) is 19.1. The Morgan fingerprint density at radius 3 is 2.48 bits per heavy atom. The van der Waals surface area contributed by atoms with Crippen molar-refractivity contribution in [1.82, 2.24) is 4.31 Å². The smallest absolute Gasteiger partial charge is 0.212 e. The maximum absolute atomic E-state index is 13.0. The fraction of sp³-hybridized carbons (Fsp3) is 0.400. The van der Waals surface area contributed by atoms with E-state index in [9.17, 15) is 8.42 Å². The molecule has 0 saturated carbocycles. The minimum Gasteiger partial charge on any atom is -0.212 e. The van der Waals surface area contributed by atoms with E-state index in [4.69, 9.17) is 0 Å². The van der Waals surface area contributed by atoms with Gasteiger partial charge in [-0.1, -0.05) is 48.5 Å². The number of nitrogens with zero attached hydrogens (tertiary/aromatic N) is 1. The molecule has 2 aliphatic rings. The Balaban J connectivity index is 1.62. The van der Waals surface area contributed by atoms with E-state index >= 15 is 0 Å². The van der Waals surface area contributed by atoms with Crippen LogP contribution >= 0.6 is 11.8 Å². The fourth-order valence-electron chi connectivity index (χ4n) is 3.68. The minimum absolute atomic E-state index is 0.488. The summed E-state index contributed by atoms with van der Waals surface area (Å²) in [4.78, 5) is 2.54. The molecule has 2 heterocycles. The number of hydrogen-bond donors (Lipinski definition) is 0. The van der Waals surface area contributed by atoms with Crippen LogP contribution < -0.4 is 0 Å². The molecule has 2 aliphatic heterocycles. The molecular weight excluding hydrogens is 350 g/mol. The van der Waals surface area contributed by atoms with Crippen LogP contribution in [0.15, 0.2) is 52.3 Å². The first-order chi connectivity index (χ1) is 12.1. The summed E-state index contributed by atoms with van der Waals surface area (Å²) in [6.07, 6.45) is 3.96. The van der Waals surface area contributed by atoms with Crippen molar-refractivity contribution in [1.29, 1.82) is 0 Å². The molecule has 3 nitrogen and oxygen atoms in total. The van der Waals surface area contributed by atoms with Gasteiger partial charge >= 0.3 is 0 Å². The van der Waals surface area contributed by atoms with Crippen LogP contribution in [-0.2, 0) is 16.4 Å². The van der Waals surface area contributed by atoms with Gasteiger partial charge in [-0.15, -0.1) is 0 Å². The van der Waals surface area contributed by atoms with Crippen LogP contribution in [0.3, 0.4) is 0 Å². The number of fused-ring (bicyclic) bond motifs is 2. The topological polar surface area (TPSA) is 37.4 Å². The third-order valence-electron chi connectivity index (χ3n) is 5.25. The van der Waals surface area contributed by atoms with Crippen molar-refractivity contribution in [2.24, 2.45) is 0 Å². The first-order valence-corrected chi connectivity index (χ1v) is 11.3. The number of piperidine rings is 1. The molecule has 0 aromatic heterocycles. The third kappa shape index (κ3) is 3.25. The van der Waals surface area contributed by atoms with Crippen LogP contribution in [0.4, 0.5) is 0 Å². The summed E-state index contributed by atoms with van der Waals surface area (Å²) >= 11 is 1.78. The van der Waals surface area contributed by atoms with Gasteiger partial charge < -0.3 is 0 Å². The van der Waals surface area contributed by atoms with Crippen LogP contribution in [0, 0.1) is 0 Å². The highest BCUT2D eigenvalue weighted by molar-refractivity contribution is 7.99. The second kappa shape index (κ2) is 6.78. The lowest BCUT2D eigenvalue weighted by molar-refractivity contribution is 0.343. The van der Waals surface area contributed by atoms with Gasteiger partial charge in [-0.3, -0.25) is 0 Å². The highest BCUT2D eigenvalue weighted by atomic mass is 32.2. The molecule has 0 radical (unpaired) electrons. The zero-order valence-electron chi connectivity index (χ0n) is 14.4. The zero-order valence-corrected chi connectivity index (χ0v) is 16.1. The molecule has 2 aromatic rings. The predicted molar refractivity (Wildman–Crippen MR) is 103 cm³/mol. The Morgan fingerprint density at radius 1 is 0.960 bits per heavy atom. The van der Waals surface area contributed by atoms with Gasteiger partial charge in [0.2, 0.25) is 10.0 Å². The summed E-state index contributed by atoms with van der Waals surface area (Å²) in [5.41, 5.74) is 3.47. The predicted octanol–water partition coefficient (Wildman–Crippen LogP) is 4.62. The van der Waals surface area contributed by atoms with Crippen LogP contribution in [-0.4, -0.2) is 25.8 Å². The number of benzene rings is 2. The Bertz CT molecular complexity index is 886. The Hall–Kier alpha value is -1.30. The third-order valence-corrected chi connectivity index (χ3v) is 8.74. The molecule has 2 aromatic carbocycles. The van der Waals surface area contributed by atoms with Crippen molar-refractivity contribution in [2.75, 3.05) is 13.1 Å². The average Bonchev–Trinajstić information content (AvgIpc) is 2.66. The quantitative estimate of drug-likeness (QED) is 0.672. The van der Waals surface area contributed by atoms with Crippen molar-refractivity contribution in [3.8, 4) is 0 Å². The summed E-state index contributed by atoms with van der Waals surface area (Å²) < 4.78 is 27.6. The second-order valence-electron chi connectivity index (χ2n) is 6.90. The molecule has 1 fully saturated rings. The Labute approximate surface area is 154 Å². The number of rotatable bonds is 3. The van der Waals surface area contributed by atoms with E-state index in [-0.39, 0.29) is 0 Å². The van der Waals surface area contributed by atoms with E-state index in [1.807, 2.05) is 13.0 Å². The molecule has 0 N–H and O–H groups in total. The lowest BCUT2D eigenvalue weighted by Crippen LogP contribution is -2.37. The summed E-state index contributed by atoms with van der Waals surface area (Å²) in [6.45, 7) is 3.16. The van der Waals surface area contributed by atoms with Gasteiger partial charge in [0.15, 0.2) is 0 Å². The van der Waals surface area contributed by atoms with Crippen LogP contribution in [0.1, 0.15) is 48.1 Å². The van der Waals surface area contributed by atoms with Gasteiger partial charge in [0.05, 0.1) is 5.25 Å². The van der Waals surface area contributed by atoms with Gasteiger partial charge in [-0.2, -0.15) is 0 Å². The lowest BCUT2D eigenvalue weighted by Gasteiger charge is -2.29. The summed E-state index contributed by atoms with van der Waals surface area (Å²) in [5, 5.41) is -0.488. The minimum atomic E-state index is -3.28. The number of hydrogen-bond acceptors (Lipinski definition) is 3. The van der Waals surface area contributed by atoms with E-state index in [2.05, 4.69) is 36.4 Å². The largest absolute Gasteiger partial charge is 0.220 e. The molecule has 1 unspecified atom stereocenters. The second-order valence-corrected chi connectivity index (χ2v) is 10.2. The molecule has 132 valence electrons. The van der Waals surface area contributed by atoms with Gasteiger partial charge in [0.25, 0.3) is 0 Å². The average molecular weight is 374 g/mol. The van der Waals surface area contributed by atoms with Crippen molar-refractivity contribution >= 4 is 21.8 Å². The molecule has 0 spiro atoms. The van der Waals surface area contributed by atoms with E-state index in [0.717, 1.165) is 31.2 Å². The molecule has 0 aliphatic carbocycles. The van der Waals surface area contributed by atoms with Crippen molar-refractivity contribution < 1.29 is 8.42 Å². The van der Waals surface area contributed by atoms with E-state index in [1.54, 1.807) is 16.1 Å². The van der Waals surface area contributed by atoms with Crippen LogP contribution in [0.25, 0.3) is 0 Å².